The number of amides is 2. The molecule has 0 aliphatic heterocycles. The number of benzene rings is 1. The zero-order valence-corrected chi connectivity index (χ0v) is 10.0. The Kier molecular flexibility index (Phi) is 5.13. The molecular formula is C12H16N2O4. The highest BCUT2D eigenvalue weighted by atomic mass is 16.4. The fraction of sp³-hybridized carbons (Fsp3) is 0.333. The van der Waals surface area contributed by atoms with Gasteiger partial charge in [0.2, 0.25) is 0 Å². The minimum Gasteiger partial charge on any atom is -0.480 e. The van der Waals surface area contributed by atoms with Crippen LogP contribution in [0.15, 0.2) is 24.3 Å². The van der Waals surface area contributed by atoms with Crippen molar-refractivity contribution in [2.45, 2.75) is 19.4 Å². The molecule has 0 saturated carbocycles. The van der Waals surface area contributed by atoms with Gasteiger partial charge in [-0.1, -0.05) is 12.1 Å². The van der Waals surface area contributed by atoms with Crippen LogP contribution in [0, 0.1) is 6.92 Å². The first-order valence-electron chi connectivity index (χ1n) is 5.51. The smallest absolute Gasteiger partial charge is 0.326 e. The van der Waals surface area contributed by atoms with Crippen molar-refractivity contribution in [3.8, 4) is 0 Å². The average molecular weight is 252 g/mol. The van der Waals surface area contributed by atoms with Crippen molar-refractivity contribution in [3.05, 3.63) is 29.8 Å². The Bertz CT molecular complexity index is 434. The topological polar surface area (TPSA) is 98.7 Å². The summed E-state index contributed by atoms with van der Waals surface area (Å²) in [5.41, 5.74) is 1.57. The summed E-state index contributed by atoms with van der Waals surface area (Å²) in [5, 5.41) is 22.3. The number of carbonyl (C=O) groups excluding carboxylic acids is 1. The Morgan fingerprint density at radius 1 is 1.39 bits per heavy atom. The van der Waals surface area contributed by atoms with E-state index in [9.17, 15) is 9.59 Å². The van der Waals surface area contributed by atoms with Gasteiger partial charge in [0.1, 0.15) is 6.04 Å². The lowest BCUT2D eigenvalue weighted by Gasteiger charge is -2.14. The number of aryl methyl sites for hydroxylation is 1. The van der Waals surface area contributed by atoms with Crippen LogP contribution in [0.1, 0.15) is 12.0 Å². The van der Waals surface area contributed by atoms with Crippen LogP contribution in [0.3, 0.4) is 0 Å². The molecule has 18 heavy (non-hydrogen) atoms. The molecule has 0 saturated heterocycles. The minimum absolute atomic E-state index is 0.0312. The van der Waals surface area contributed by atoms with Gasteiger partial charge in [-0.25, -0.2) is 9.59 Å². The number of urea groups is 1. The molecule has 98 valence electrons. The molecule has 0 aliphatic carbocycles. The zero-order valence-electron chi connectivity index (χ0n) is 10.0. The van der Waals surface area contributed by atoms with Crippen molar-refractivity contribution in [2.24, 2.45) is 0 Å². The second-order valence-corrected chi connectivity index (χ2v) is 3.87. The number of hydrogen-bond donors (Lipinski definition) is 4. The van der Waals surface area contributed by atoms with E-state index in [-0.39, 0.29) is 13.0 Å². The largest absolute Gasteiger partial charge is 0.480 e. The van der Waals surface area contributed by atoms with E-state index in [1.807, 2.05) is 13.0 Å². The van der Waals surface area contributed by atoms with Gasteiger partial charge < -0.3 is 20.8 Å². The number of nitrogens with one attached hydrogen (secondary N) is 2. The van der Waals surface area contributed by atoms with Crippen LogP contribution in [0.5, 0.6) is 0 Å². The normalized spacial score (nSPS) is 11.7. The molecule has 6 heteroatoms. The molecular weight excluding hydrogens is 236 g/mol. The number of aliphatic hydroxyl groups is 1. The summed E-state index contributed by atoms with van der Waals surface area (Å²) < 4.78 is 0. The number of aliphatic carboxylic acids is 1. The van der Waals surface area contributed by atoms with Crippen LogP contribution in [-0.2, 0) is 4.79 Å². The van der Waals surface area contributed by atoms with Crippen molar-refractivity contribution in [3.63, 3.8) is 0 Å². The Morgan fingerprint density at radius 2 is 2.11 bits per heavy atom. The fourth-order valence-electron chi connectivity index (χ4n) is 1.43. The van der Waals surface area contributed by atoms with Crippen molar-refractivity contribution < 1.29 is 19.8 Å². The summed E-state index contributed by atoms with van der Waals surface area (Å²) in [6.07, 6.45) is -0.0312. The van der Waals surface area contributed by atoms with E-state index in [2.05, 4.69) is 10.6 Å². The molecule has 2 amide bonds. The summed E-state index contributed by atoms with van der Waals surface area (Å²) in [6, 6.07) is 5.43. The molecule has 0 unspecified atom stereocenters. The second kappa shape index (κ2) is 6.61. The van der Waals surface area contributed by atoms with E-state index in [4.69, 9.17) is 10.2 Å². The molecule has 1 aromatic carbocycles. The molecule has 0 radical (unpaired) electrons. The molecule has 4 N–H and O–H groups in total. The van der Waals surface area contributed by atoms with Gasteiger partial charge in [-0.15, -0.1) is 0 Å². The van der Waals surface area contributed by atoms with Crippen LogP contribution in [0.25, 0.3) is 0 Å². The molecule has 0 bridgehead atoms. The zero-order chi connectivity index (χ0) is 13.5. The molecule has 6 nitrogen and oxygen atoms in total. The molecule has 1 aromatic rings. The van der Waals surface area contributed by atoms with Gasteiger partial charge in [-0.3, -0.25) is 0 Å². The molecule has 0 aromatic heterocycles. The van der Waals surface area contributed by atoms with Gasteiger partial charge in [0.15, 0.2) is 0 Å². The number of aliphatic hydroxyl groups excluding tert-OH is 1. The maximum atomic E-state index is 11.5. The quantitative estimate of drug-likeness (QED) is 0.627. The third-order valence-electron chi connectivity index (χ3n) is 2.30. The molecule has 1 rings (SSSR count). The fourth-order valence-corrected chi connectivity index (χ4v) is 1.43. The van der Waals surface area contributed by atoms with E-state index in [0.717, 1.165) is 5.56 Å². The summed E-state index contributed by atoms with van der Waals surface area (Å²) in [5.74, 6) is -1.18. The molecule has 0 fully saturated rings. The maximum absolute atomic E-state index is 11.5. The van der Waals surface area contributed by atoms with Crippen LogP contribution in [0.2, 0.25) is 0 Å². The van der Waals surface area contributed by atoms with Gasteiger partial charge in [-0.05, 0) is 24.6 Å². The summed E-state index contributed by atoms with van der Waals surface area (Å²) in [6.45, 7) is 1.58. The highest BCUT2D eigenvalue weighted by Crippen LogP contribution is 2.09. The average Bonchev–Trinajstić information content (AvgIpc) is 2.28. The van der Waals surface area contributed by atoms with Crippen molar-refractivity contribution in [1.82, 2.24) is 5.32 Å². The van der Waals surface area contributed by atoms with Gasteiger partial charge >= 0.3 is 12.0 Å². The molecule has 1 atom stereocenters. The van der Waals surface area contributed by atoms with E-state index in [0.29, 0.717) is 5.69 Å². The third kappa shape index (κ3) is 4.42. The Hall–Kier alpha value is -2.08. The summed E-state index contributed by atoms with van der Waals surface area (Å²) in [4.78, 5) is 22.3. The first-order chi connectivity index (χ1) is 8.52. The lowest BCUT2D eigenvalue weighted by molar-refractivity contribution is -0.139. The van der Waals surface area contributed by atoms with E-state index in [1.165, 1.54) is 0 Å². The third-order valence-corrected chi connectivity index (χ3v) is 2.30. The highest BCUT2D eigenvalue weighted by molar-refractivity contribution is 5.92. The van der Waals surface area contributed by atoms with Crippen LogP contribution < -0.4 is 10.6 Å². The number of carboxylic acids is 1. The van der Waals surface area contributed by atoms with E-state index in [1.54, 1.807) is 18.2 Å². The lowest BCUT2D eigenvalue weighted by atomic mass is 10.2. The van der Waals surface area contributed by atoms with E-state index < -0.39 is 18.0 Å². The first kappa shape index (κ1) is 14.0. The molecule has 0 heterocycles. The number of carboxylic acid groups (broad SMARTS) is 1. The van der Waals surface area contributed by atoms with Crippen LogP contribution >= 0.6 is 0 Å². The van der Waals surface area contributed by atoms with Gasteiger partial charge in [0, 0.05) is 18.7 Å². The number of rotatable bonds is 5. The number of anilines is 1. The standard InChI is InChI=1S/C12H16N2O4/c1-8-3-2-4-9(7-8)13-12(18)14-10(5-6-15)11(16)17/h2-4,7,10,15H,5-6H2,1H3,(H,16,17)(H2,13,14,18)/t10-/m0/s1. The predicted octanol–water partition coefficient (Wildman–Crippen LogP) is 0.952. The van der Waals surface area contributed by atoms with E-state index >= 15 is 0 Å². The molecule has 0 spiro atoms. The Balaban J connectivity index is 2.57. The van der Waals surface area contributed by atoms with Gasteiger partial charge in [0.05, 0.1) is 0 Å². The highest BCUT2D eigenvalue weighted by Gasteiger charge is 2.18. The maximum Gasteiger partial charge on any atom is 0.326 e. The SMILES string of the molecule is Cc1cccc(NC(=O)N[C@@H](CCO)C(=O)O)c1. The number of hydrogen-bond acceptors (Lipinski definition) is 3. The van der Waals surface area contributed by atoms with Crippen LogP contribution in [0.4, 0.5) is 10.5 Å². The van der Waals surface area contributed by atoms with Crippen molar-refractivity contribution in [1.29, 1.82) is 0 Å². The summed E-state index contributed by atoms with van der Waals surface area (Å²) in [7, 11) is 0. The monoisotopic (exact) mass is 252 g/mol. The minimum atomic E-state index is -1.18. The van der Waals surface area contributed by atoms with Gasteiger partial charge in [0.25, 0.3) is 0 Å². The predicted molar refractivity (Wildman–Crippen MR) is 66.5 cm³/mol. The second-order valence-electron chi connectivity index (χ2n) is 3.87. The number of carbonyl (C=O) groups is 2. The first-order valence-corrected chi connectivity index (χ1v) is 5.51. The molecule has 0 aliphatic rings. The lowest BCUT2D eigenvalue weighted by Crippen LogP contribution is -2.43. The Labute approximate surface area is 105 Å². The Morgan fingerprint density at radius 3 is 2.67 bits per heavy atom. The summed E-state index contributed by atoms with van der Waals surface area (Å²) >= 11 is 0. The van der Waals surface area contributed by atoms with Gasteiger partial charge in [-0.2, -0.15) is 0 Å². The van der Waals surface area contributed by atoms with Crippen molar-refractivity contribution >= 4 is 17.7 Å². The van der Waals surface area contributed by atoms with Crippen LogP contribution in [-0.4, -0.2) is 34.9 Å². The van der Waals surface area contributed by atoms with Crippen molar-refractivity contribution in [2.75, 3.05) is 11.9 Å².